The maximum absolute atomic E-state index is 13.1. The zero-order valence-corrected chi connectivity index (χ0v) is 17.8. The maximum atomic E-state index is 13.1. The smallest absolute Gasteiger partial charge is 0.199 e. The van der Waals surface area contributed by atoms with Gasteiger partial charge in [-0.25, -0.2) is 0 Å². The quantitative estimate of drug-likeness (QED) is 0.305. The molecule has 3 nitrogen and oxygen atoms in total. The average molecular weight is 425 g/mol. The van der Waals surface area contributed by atoms with Gasteiger partial charge in [0.15, 0.2) is 5.78 Å². The number of ketones is 1. The Morgan fingerprint density at radius 1 is 0.862 bits per heavy atom. The summed E-state index contributed by atoms with van der Waals surface area (Å²) in [6.07, 6.45) is 1.91. The molecule has 3 aromatic rings. The van der Waals surface area contributed by atoms with E-state index in [0.717, 1.165) is 22.6 Å². The molecule has 29 heavy (non-hydrogen) atoms. The van der Waals surface area contributed by atoms with Gasteiger partial charge in [-0.2, -0.15) is 0 Å². The molecule has 0 fully saturated rings. The molecular formula is C24H21ClO3S. The van der Waals surface area contributed by atoms with E-state index in [1.165, 1.54) is 11.8 Å². The Morgan fingerprint density at radius 3 is 1.97 bits per heavy atom. The number of Topliss-reactive ketones (excluding diaryl/α,β-unsaturated/α-hetero) is 1. The first-order chi connectivity index (χ1) is 14.1. The molecule has 0 aliphatic heterocycles. The SMILES string of the molecule is COc1ccc(/C=C(/SCc2ccc(OC)cc2)C(=O)c2ccc(Cl)cc2)cc1. The topological polar surface area (TPSA) is 35.5 Å². The van der Waals surface area contributed by atoms with E-state index >= 15 is 0 Å². The molecule has 0 heterocycles. The van der Waals surface area contributed by atoms with Gasteiger partial charge in [0, 0.05) is 16.3 Å². The van der Waals surface area contributed by atoms with Crippen molar-refractivity contribution in [2.45, 2.75) is 5.75 Å². The zero-order valence-electron chi connectivity index (χ0n) is 16.2. The molecule has 0 spiro atoms. The second-order valence-corrected chi connectivity index (χ2v) is 7.71. The number of hydrogen-bond donors (Lipinski definition) is 0. The van der Waals surface area contributed by atoms with Gasteiger partial charge in [0.05, 0.1) is 19.1 Å². The number of carbonyl (C=O) groups excluding carboxylic acids is 1. The van der Waals surface area contributed by atoms with Crippen LogP contribution in [0.15, 0.2) is 77.7 Å². The average Bonchev–Trinajstić information content (AvgIpc) is 2.77. The third kappa shape index (κ3) is 5.89. The van der Waals surface area contributed by atoms with Crippen LogP contribution in [0.1, 0.15) is 21.5 Å². The molecule has 0 amide bonds. The predicted molar refractivity (Wildman–Crippen MR) is 121 cm³/mol. The minimum atomic E-state index is -0.0315. The summed E-state index contributed by atoms with van der Waals surface area (Å²) in [6, 6.07) is 22.4. The van der Waals surface area contributed by atoms with E-state index in [1.54, 1.807) is 38.5 Å². The van der Waals surface area contributed by atoms with Crippen LogP contribution in [-0.4, -0.2) is 20.0 Å². The first kappa shape index (κ1) is 21.0. The summed E-state index contributed by atoms with van der Waals surface area (Å²) in [5.41, 5.74) is 2.65. The van der Waals surface area contributed by atoms with Crippen molar-refractivity contribution >= 4 is 35.2 Å². The van der Waals surface area contributed by atoms with E-state index in [1.807, 2.05) is 54.6 Å². The molecule has 0 radical (unpaired) electrons. The van der Waals surface area contributed by atoms with Gasteiger partial charge < -0.3 is 9.47 Å². The highest BCUT2D eigenvalue weighted by molar-refractivity contribution is 8.03. The molecule has 0 atom stereocenters. The minimum absolute atomic E-state index is 0.0315. The van der Waals surface area contributed by atoms with Crippen molar-refractivity contribution in [3.63, 3.8) is 0 Å². The van der Waals surface area contributed by atoms with E-state index in [4.69, 9.17) is 21.1 Å². The minimum Gasteiger partial charge on any atom is -0.497 e. The van der Waals surface area contributed by atoms with Gasteiger partial charge in [0.2, 0.25) is 0 Å². The van der Waals surface area contributed by atoms with Crippen LogP contribution in [-0.2, 0) is 5.75 Å². The first-order valence-electron chi connectivity index (χ1n) is 9.01. The number of hydrogen-bond acceptors (Lipinski definition) is 4. The van der Waals surface area contributed by atoms with Crippen molar-refractivity contribution in [3.05, 3.63) is 99.4 Å². The molecule has 0 aliphatic carbocycles. The number of methoxy groups -OCH3 is 2. The van der Waals surface area contributed by atoms with Crippen LogP contribution in [0.2, 0.25) is 5.02 Å². The summed E-state index contributed by atoms with van der Waals surface area (Å²) in [6.45, 7) is 0. The van der Waals surface area contributed by atoms with Gasteiger partial charge in [-0.05, 0) is 65.7 Å². The van der Waals surface area contributed by atoms with Crippen LogP contribution in [0, 0.1) is 0 Å². The van der Waals surface area contributed by atoms with Gasteiger partial charge in [-0.15, -0.1) is 11.8 Å². The Hall–Kier alpha value is -2.69. The summed E-state index contributed by atoms with van der Waals surface area (Å²) in [5, 5.41) is 0.605. The van der Waals surface area contributed by atoms with Crippen LogP contribution in [0.4, 0.5) is 0 Å². The first-order valence-corrected chi connectivity index (χ1v) is 10.4. The highest BCUT2D eigenvalue weighted by Gasteiger charge is 2.14. The van der Waals surface area contributed by atoms with Gasteiger partial charge in [-0.3, -0.25) is 4.79 Å². The van der Waals surface area contributed by atoms with Crippen molar-refractivity contribution in [2.75, 3.05) is 14.2 Å². The number of rotatable bonds is 8. The number of carbonyl (C=O) groups is 1. The summed E-state index contributed by atoms with van der Waals surface area (Å²) >= 11 is 7.47. The Kier molecular flexibility index (Phi) is 7.39. The van der Waals surface area contributed by atoms with Crippen LogP contribution in [0.3, 0.4) is 0 Å². The standard InChI is InChI=1S/C24H21ClO3S/c1-27-21-11-3-17(4-12-21)15-23(24(26)19-7-9-20(25)10-8-19)29-16-18-5-13-22(28-2)14-6-18/h3-15H,16H2,1-2H3/b23-15+. The number of allylic oxidation sites excluding steroid dienone is 1. The Morgan fingerprint density at radius 2 is 1.41 bits per heavy atom. The Bertz CT molecular complexity index is 978. The molecule has 0 unspecified atom stereocenters. The van der Waals surface area contributed by atoms with Crippen molar-refractivity contribution in [1.29, 1.82) is 0 Å². The Balaban J connectivity index is 1.85. The molecule has 0 saturated heterocycles. The Labute approximate surface area is 180 Å². The fraction of sp³-hybridized carbons (Fsp3) is 0.125. The van der Waals surface area contributed by atoms with Crippen molar-refractivity contribution in [2.24, 2.45) is 0 Å². The molecule has 0 saturated carbocycles. The van der Waals surface area contributed by atoms with E-state index in [2.05, 4.69) is 0 Å². The summed E-state index contributed by atoms with van der Waals surface area (Å²) in [5.74, 6) is 2.23. The van der Waals surface area contributed by atoms with E-state index in [0.29, 0.717) is 21.2 Å². The van der Waals surface area contributed by atoms with Crippen LogP contribution >= 0.6 is 23.4 Å². The van der Waals surface area contributed by atoms with Crippen LogP contribution in [0.25, 0.3) is 6.08 Å². The molecule has 3 rings (SSSR count). The molecule has 0 bridgehead atoms. The number of halogens is 1. The predicted octanol–water partition coefficient (Wildman–Crippen LogP) is 6.51. The lowest BCUT2D eigenvalue weighted by Gasteiger charge is -2.09. The second kappa shape index (κ2) is 10.2. The number of thioether (sulfide) groups is 1. The molecular weight excluding hydrogens is 404 g/mol. The van der Waals surface area contributed by atoms with Gasteiger partial charge >= 0.3 is 0 Å². The monoisotopic (exact) mass is 424 g/mol. The van der Waals surface area contributed by atoms with Crippen LogP contribution < -0.4 is 9.47 Å². The van der Waals surface area contributed by atoms with Crippen molar-refractivity contribution in [3.8, 4) is 11.5 Å². The van der Waals surface area contributed by atoms with E-state index < -0.39 is 0 Å². The zero-order chi connectivity index (χ0) is 20.6. The highest BCUT2D eigenvalue weighted by atomic mass is 35.5. The molecule has 148 valence electrons. The second-order valence-electron chi connectivity index (χ2n) is 6.25. The van der Waals surface area contributed by atoms with Gasteiger partial charge in [0.1, 0.15) is 11.5 Å². The summed E-state index contributed by atoms with van der Waals surface area (Å²) < 4.78 is 10.4. The molecule has 0 aromatic heterocycles. The lowest BCUT2D eigenvalue weighted by Crippen LogP contribution is -2.01. The third-order valence-electron chi connectivity index (χ3n) is 4.30. The number of ether oxygens (including phenoxy) is 2. The third-order valence-corrected chi connectivity index (χ3v) is 5.64. The summed E-state index contributed by atoms with van der Waals surface area (Å²) in [7, 11) is 3.27. The molecule has 3 aromatic carbocycles. The lowest BCUT2D eigenvalue weighted by atomic mass is 10.1. The van der Waals surface area contributed by atoms with E-state index in [9.17, 15) is 4.79 Å². The fourth-order valence-electron chi connectivity index (χ4n) is 2.65. The molecule has 0 N–H and O–H groups in total. The van der Waals surface area contributed by atoms with E-state index in [-0.39, 0.29) is 5.78 Å². The normalized spacial score (nSPS) is 11.2. The van der Waals surface area contributed by atoms with Gasteiger partial charge in [-0.1, -0.05) is 35.9 Å². The lowest BCUT2D eigenvalue weighted by molar-refractivity contribution is 0.104. The largest absolute Gasteiger partial charge is 0.497 e. The highest BCUT2D eigenvalue weighted by Crippen LogP contribution is 2.29. The van der Waals surface area contributed by atoms with Crippen molar-refractivity contribution < 1.29 is 14.3 Å². The molecule has 0 aliphatic rings. The summed E-state index contributed by atoms with van der Waals surface area (Å²) in [4.78, 5) is 13.8. The maximum Gasteiger partial charge on any atom is 0.199 e. The molecule has 5 heteroatoms. The fourth-order valence-corrected chi connectivity index (χ4v) is 3.76. The van der Waals surface area contributed by atoms with Crippen molar-refractivity contribution in [1.82, 2.24) is 0 Å². The van der Waals surface area contributed by atoms with Crippen LogP contribution in [0.5, 0.6) is 11.5 Å². The number of benzene rings is 3. The van der Waals surface area contributed by atoms with Gasteiger partial charge in [0.25, 0.3) is 0 Å².